The van der Waals surface area contributed by atoms with E-state index in [-0.39, 0.29) is 29.9 Å². The number of amides is 1. The standard InChI is InChI=1S/C22H28N4O2.HI/c1-23-22(24-13-15-28-20-6-3-2-4-7-20)25-16-18-9-11-19(12-10-18)17-26-14-5-8-21(26)27;/h2-4,6-7,9-12H,5,8,13-17H2,1H3,(H2,23,24,25);1H. The monoisotopic (exact) mass is 508 g/mol. The molecule has 0 atom stereocenters. The van der Waals surface area contributed by atoms with Crippen LogP contribution in [0, 0.1) is 0 Å². The Morgan fingerprint density at radius 3 is 2.45 bits per heavy atom. The van der Waals surface area contributed by atoms with Gasteiger partial charge in [-0.2, -0.15) is 0 Å². The summed E-state index contributed by atoms with van der Waals surface area (Å²) in [6.07, 6.45) is 1.66. The lowest BCUT2D eigenvalue weighted by Gasteiger charge is -2.16. The summed E-state index contributed by atoms with van der Waals surface area (Å²) in [4.78, 5) is 17.9. The molecule has 0 spiro atoms. The number of carbonyl (C=O) groups excluding carboxylic acids is 1. The van der Waals surface area contributed by atoms with Crippen LogP contribution in [0.4, 0.5) is 0 Å². The van der Waals surface area contributed by atoms with Crippen LogP contribution in [-0.2, 0) is 17.9 Å². The van der Waals surface area contributed by atoms with Crippen molar-refractivity contribution in [2.45, 2.75) is 25.9 Å². The maximum atomic E-state index is 11.7. The Hall–Kier alpha value is -2.29. The van der Waals surface area contributed by atoms with Crippen molar-refractivity contribution in [2.24, 2.45) is 4.99 Å². The lowest BCUT2D eigenvalue weighted by molar-refractivity contribution is -0.128. The SMILES string of the molecule is CN=C(NCCOc1ccccc1)NCc1ccc(CN2CCCC2=O)cc1.I. The van der Waals surface area contributed by atoms with Gasteiger partial charge >= 0.3 is 0 Å². The highest BCUT2D eigenvalue weighted by Crippen LogP contribution is 2.14. The average Bonchev–Trinajstić information content (AvgIpc) is 3.14. The van der Waals surface area contributed by atoms with Gasteiger partial charge in [0.25, 0.3) is 0 Å². The predicted octanol–water partition coefficient (Wildman–Crippen LogP) is 3.17. The molecule has 0 aliphatic carbocycles. The molecule has 1 aliphatic rings. The zero-order valence-corrected chi connectivity index (χ0v) is 19.1. The Morgan fingerprint density at radius 1 is 1.07 bits per heavy atom. The van der Waals surface area contributed by atoms with Crippen molar-refractivity contribution >= 4 is 35.8 Å². The number of halogens is 1. The highest BCUT2D eigenvalue weighted by atomic mass is 127. The van der Waals surface area contributed by atoms with Crippen molar-refractivity contribution in [2.75, 3.05) is 26.7 Å². The molecule has 2 aromatic carbocycles. The molecule has 1 aliphatic heterocycles. The molecule has 0 saturated carbocycles. The second kappa shape index (κ2) is 12.3. The van der Waals surface area contributed by atoms with Crippen LogP contribution >= 0.6 is 24.0 Å². The molecule has 7 heteroatoms. The molecule has 2 aromatic rings. The molecule has 1 heterocycles. The van der Waals surface area contributed by atoms with Gasteiger partial charge in [0.15, 0.2) is 5.96 Å². The second-order valence-corrected chi connectivity index (χ2v) is 6.75. The first-order chi connectivity index (χ1) is 13.7. The Balaban J connectivity index is 0.00000300. The minimum absolute atomic E-state index is 0. The number of para-hydroxylation sites is 1. The summed E-state index contributed by atoms with van der Waals surface area (Å²) < 4.78 is 5.67. The quantitative estimate of drug-likeness (QED) is 0.249. The van der Waals surface area contributed by atoms with E-state index >= 15 is 0 Å². The highest BCUT2D eigenvalue weighted by Gasteiger charge is 2.19. The van der Waals surface area contributed by atoms with E-state index < -0.39 is 0 Å². The molecule has 6 nitrogen and oxygen atoms in total. The maximum absolute atomic E-state index is 11.7. The molecule has 0 unspecified atom stereocenters. The lowest BCUT2D eigenvalue weighted by atomic mass is 10.1. The van der Waals surface area contributed by atoms with Crippen molar-refractivity contribution in [1.82, 2.24) is 15.5 Å². The summed E-state index contributed by atoms with van der Waals surface area (Å²) in [7, 11) is 1.75. The van der Waals surface area contributed by atoms with Gasteiger partial charge in [0.2, 0.25) is 5.91 Å². The minimum Gasteiger partial charge on any atom is -0.492 e. The molecular formula is C22H29IN4O2. The molecule has 156 valence electrons. The van der Waals surface area contributed by atoms with Gasteiger partial charge in [-0.15, -0.1) is 24.0 Å². The van der Waals surface area contributed by atoms with Crippen molar-refractivity contribution in [3.63, 3.8) is 0 Å². The van der Waals surface area contributed by atoms with Crippen LogP contribution < -0.4 is 15.4 Å². The van der Waals surface area contributed by atoms with Crippen molar-refractivity contribution in [1.29, 1.82) is 0 Å². The van der Waals surface area contributed by atoms with Crippen LogP contribution in [0.25, 0.3) is 0 Å². The number of hydrogen-bond donors (Lipinski definition) is 2. The molecule has 0 bridgehead atoms. The van der Waals surface area contributed by atoms with Crippen LogP contribution in [0.1, 0.15) is 24.0 Å². The first-order valence-corrected chi connectivity index (χ1v) is 9.72. The van der Waals surface area contributed by atoms with Gasteiger partial charge in [-0.05, 0) is 29.7 Å². The van der Waals surface area contributed by atoms with Gasteiger partial charge in [-0.25, -0.2) is 0 Å². The molecule has 1 fully saturated rings. The van der Waals surface area contributed by atoms with Crippen LogP contribution in [0.2, 0.25) is 0 Å². The van der Waals surface area contributed by atoms with Crippen LogP contribution in [0.15, 0.2) is 59.6 Å². The summed E-state index contributed by atoms with van der Waals surface area (Å²) in [5.74, 6) is 1.86. The Kier molecular flexibility index (Phi) is 9.76. The second-order valence-electron chi connectivity index (χ2n) is 6.75. The predicted molar refractivity (Wildman–Crippen MR) is 127 cm³/mol. The van der Waals surface area contributed by atoms with E-state index in [0.717, 1.165) is 24.7 Å². The number of guanidine groups is 1. The summed E-state index contributed by atoms with van der Waals surface area (Å²) in [6.45, 7) is 3.49. The smallest absolute Gasteiger partial charge is 0.222 e. The first kappa shape index (κ1) is 23.0. The molecule has 29 heavy (non-hydrogen) atoms. The number of rotatable bonds is 8. The molecule has 0 aromatic heterocycles. The van der Waals surface area contributed by atoms with Gasteiger partial charge in [0.05, 0.1) is 6.54 Å². The topological polar surface area (TPSA) is 66.0 Å². The average molecular weight is 508 g/mol. The number of ether oxygens (including phenoxy) is 1. The van der Waals surface area contributed by atoms with E-state index in [1.54, 1.807) is 7.05 Å². The van der Waals surface area contributed by atoms with Crippen molar-refractivity contribution in [3.8, 4) is 5.75 Å². The molecule has 1 saturated heterocycles. The summed E-state index contributed by atoms with van der Waals surface area (Å²) in [5.41, 5.74) is 2.33. The third-order valence-corrected chi connectivity index (χ3v) is 4.66. The number of aliphatic imine (C=N–C) groups is 1. The van der Waals surface area contributed by atoms with Crippen LogP contribution in [-0.4, -0.2) is 43.5 Å². The normalized spacial score (nSPS) is 13.8. The van der Waals surface area contributed by atoms with E-state index in [2.05, 4.69) is 39.9 Å². The summed E-state index contributed by atoms with van der Waals surface area (Å²) in [5, 5.41) is 6.55. The first-order valence-electron chi connectivity index (χ1n) is 9.72. The third-order valence-electron chi connectivity index (χ3n) is 4.66. The number of nitrogens with zero attached hydrogens (tertiary/aromatic N) is 2. The fourth-order valence-corrected chi connectivity index (χ4v) is 3.12. The number of hydrogen-bond acceptors (Lipinski definition) is 3. The van der Waals surface area contributed by atoms with Gasteiger partial charge in [-0.3, -0.25) is 9.79 Å². The number of nitrogens with one attached hydrogen (secondary N) is 2. The van der Waals surface area contributed by atoms with E-state index in [9.17, 15) is 4.79 Å². The van der Waals surface area contributed by atoms with Gasteiger partial charge < -0.3 is 20.3 Å². The zero-order chi connectivity index (χ0) is 19.6. The number of carbonyl (C=O) groups is 1. The fourth-order valence-electron chi connectivity index (χ4n) is 3.12. The van der Waals surface area contributed by atoms with E-state index in [1.165, 1.54) is 11.1 Å². The lowest BCUT2D eigenvalue weighted by Crippen LogP contribution is -2.38. The minimum atomic E-state index is 0. The number of benzene rings is 2. The third kappa shape index (κ3) is 7.56. The molecule has 1 amide bonds. The summed E-state index contributed by atoms with van der Waals surface area (Å²) in [6, 6.07) is 18.1. The van der Waals surface area contributed by atoms with Gasteiger partial charge in [0.1, 0.15) is 12.4 Å². The maximum Gasteiger partial charge on any atom is 0.222 e. The Bertz CT molecular complexity index is 781. The Labute approximate surface area is 189 Å². The Morgan fingerprint density at radius 2 is 1.79 bits per heavy atom. The molecule has 3 rings (SSSR count). The van der Waals surface area contributed by atoms with Gasteiger partial charge in [-0.1, -0.05) is 42.5 Å². The van der Waals surface area contributed by atoms with E-state index in [0.29, 0.717) is 32.7 Å². The fraction of sp³-hybridized carbons (Fsp3) is 0.364. The van der Waals surface area contributed by atoms with Crippen molar-refractivity contribution in [3.05, 3.63) is 65.7 Å². The zero-order valence-electron chi connectivity index (χ0n) is 16.8. The van der Waals surface area contributed by atoms with Gasteiger partial charge in [0, 0.05) is 33.1 Å². The summed E-state index contributed by atoms with van der Waals surface area (Å²) >= 11 is 0. The van der Waals surface area contributed by atoms with Crippen molar-refractivity contribution < 1.29 is 9.53 Å². The van der Waals surface area contributed by atoms with Crippen LogP contribution in [0.3, 0.4) is 0 Å². The largest absolute Gasteiger partial charge is 0.492 e. The van der Waals surface area contributed by atoms with E-state index in [4.69, 9.17) is 4.74 Å². The molecular weight excluding hydrogens is 479 g/mol. The number of likely N-dealkylation sites (tertiary alicyclic amines) is 1. The molecule has 0 radical (unpaired) electrons. The highest BCUT2D eigenvalue weighted by molar-refractivity contribution is 14.0. The van der Waals surface area contributed by atoms with Crippen LogP contribution in [0.5, 0.6) is 5.75 Å². The van der Waals surface area contributed by atoms with E-state index in [1.807, 2.05) is 35.2 Å². The molecule has 2 N–H and O–H groups in total.